The summed E-state index contributed by atoms with van der Waals surface area (Å²) >= 11 is 0. The molecular weight excluding hydrogens is 229 g/mol. The fourth-order valence-corrected chi connectivity index (χ4v) is 2.63. The topological polar surface area (TPSA) is 24.1 Å². The largest absolute Gasteiger partial charge is 0.406 e. The van der Waals surface area contributed by atoms with Crippen molar-refractivity contribution < 1.29 is 13.2 Å². The molecule has 2 N–H and O–H groups in total. The molecule has 0 bridgehead atoms. The summed E-state index contributed by atoms with van der Waals surface area (Å²) in [5.74, 6) is 0.670. The minimum atomic E-state index is -4.09. The number of hydrogen-bond acceptors (Lipinski definition) is 2. The van der Waals surface area contributed by atoms with Crippen LogP contribution in [0.5, 0.6) is 0 Å². The Morgan fingerprint density at radius 1 is 1.35 bits per heavy atom. The quantitative estimate of drug-likeness (QED) is 0.801. The van der Waals surface area contributed by atoms with Crippen molar-refractivity contribution in [2.24, 2.45) is 5.92 Å². The van der Waals surface area contributed by atoms with Crippen molar-refractivity contribution in [3.05, 3.63) is 0 Å². The van der Waals surface area contributed by atoms with Gasteiger partial charge in [0.15, 0.2) is 0 Å². The highest BCUT2D eigenvalue weighted by molar-refractivity contribution is 5.08. The predicted molar refractivity (Wildman–Crippen MR) is 60.8 cm³/mol. The molecule has 0 aromatic heterocycles. The Morgan fingerprint density at radius 3 is 2.59 bits per heavy atom. The maximum absolute atomic E-state index is 12.7. The number of rotatable bonds is 4. The SMILES string of the molecule is CCC1CCNC(CNC2(C(F)(F)F)CC2)C1. The third-order valence-corrected chi connectivity index (χ3v) is 4.16. The Kier molecular flexibility index (Phi) is 3.69. The Morgan fingerprint density at radius 2 is 2.06 bits per heavy atom. The average Bonchev–Trinajstić information content (AvgIpc) is 3.07. The van der Waals surface area contributed by atoms with Crippen LogP contribution in [0, 0.1) is 5.92 Å². The van der Waals surface area contributed by atoms with Gasteiger partial charge in [0.2, 0.25) is 0 Å². The summed E-state index contributed by atoms with van der Waals surface area (Å²) in [5, 5.41) is 6.04. The first-order valence-electron chi connectivity index (χ1n) is 6.52. The Balaban J connectivity index is 1.79. The first-order valence-corrected chi connectivity index (χ1v) is 6.52. The van der Waals surface area contributed by atoms with Gasteiger partial charge in [-0.2, -0.15) is 13.2 Å². The highest BCUT2D eigenvalue weighted by atomic mass is 19.4. The molecule has 5 heteroatoms. The van der Waals surface area contributed by atoms with Crippen molar-refractivity contribution in [1.82, 2.24) is 10.6 Å². The summed E-state index contributed by atoms with van der Waals surface area (Å²) < 4.78 is 38.1. The molecule has 2 rings (SSSR count). The molecule has 1 aliphatic carbocycles. The lowest BCUT2D eigenvalue weighted by atomic mass is 9.90. The van der Waals surface area contributed by atoms with Crippen LogP contribution in [0.25, 0.3) is 0 Å². The summed E-state index contributed by atoms with van der Waals surface area (Å²) in [6.45, 7) is 3.53. The lowest BCUT2D eigenvalue weighted by Crippen LogP contribution is -2.52. The van der Waals surface area contributed by atoms with Gasteiger partial charge >= 0.3 is 6.18 Å². The van der Waals surface area contributed by atoms with E-state index in [1.54, 1.807) is 0 Å². The predicted octanol–water partition coefficient (Wildman–Crippen LogP) is 2.45. The van der Waals surface area contributed by atoms with E-state index in [0.29, 0.717) is 12.5 Å². The minimum absolute atomic E-state index is 0.202. The van der Waals surface area contributed by atoms with Gasteiger partial charge in [0.1, 0.15) is 5.54 Å². The second-order valence-electron chi connectivity index (χ2n) is 5.41. The molecule has 0 radical (unpaired) electrons. The first kappa shape index (κ1) is 13.1. The van der Waals surface area contributed by atoms with Crippen LogP contribution in [-0.2, 0) is 0 Å². The van der Waals surface area contributed by atoms with Crippen LogP contribution in [-0.4, -0.2) is 30.8 Å². The van der Waals surface area contributed by atoms with E-state index in [1.165, 1.54) is 0 Å². The van der Waals surface area contributed by atoms with Gasteiger partial charge in [-0.15, -0.1) is 0 Å². The third-order valence-electron chi connectivity index (χ3n) is 4.16. The summed E-state index contributed by atoms with van der Waals surface area (Å²) in [7, 11) is 0. The van der Waals surface area contributed by atoms with Crippen LogP contribution in [0.3, 0.4) is 0 Å². The molecule has 2 atom stereocenters. The second-order valence-corrected chi connectivity index (χ2v) is 5.41. The van der Waals surface area contributed by atoms with E-state index in [9.17, 15) is 13.2 Å². The molecule has 0 aromatic rings. The van der Waals surface area contributed by atoms with Crippen molar-refractivity contribution >= 4 is 0 Å². The van der Waals surface area contributed by atoms with Gasteiger partial charge < -0.3 is 10.6 Å². The monoisotopic (exact) mass is 250 g/mol. The van der Waals surface area contributed by atoms with Gasteiger partial charge in [-0.05, 0) is 38.1 Å². The van der Waals surface area contributed by atoms with Crippen LogP contribution in [0.15, 0.2) is 0 Å². The first-order chi connectivity index (χ1) is 7.97. The van der Waals surface area contributed by atoms with E-state index in [1.807, 2.05) is 0 Å². The zero-order chi connectivity index (χ0) is 12.5. The van der Waals surface area contributed by atoms with E-state index in [4.69, 9.17) is 0 Å². The summed E-state index contributed by atoms with van der Waals surface area (Å²) in [5.41, 5.74) is -1.56. The Hall–Kier alpha value is -0.290. The molecule has 1 heterocycles. The lowest BCUT2D eigenvalue weighted by molar-refractivity contribution is -0.166. The zero-order valence-electron chi connectivity index (χ0n) is 10.2. The van der Waals surface area contributed by atoms with Gasteiger partial charge in [-0.3, -0.25) is 0 Å². The van der Waals surface area contributed by atoms with E-state index in [-0.39, 0.29) is 18.9 Å². The van der Waals surface area contributed by atoms with Crippen molar-refractivity contribution in [3.8, 4) is 0 Å². The number of alkyl halides is 3. The molecule has 2 nitrogen and oxygen atoms in total. The average molecular weight is 250 g/mol. The van der Waals surface area contributed by atoms with Gasteiger partial charge in [-0.25, -0.2) is 0 Å². The standard InChI is InChI=1S/C12H21F3N2/c1-2-9-3-6-16-10(7-9)8-17-11(4-5-11)12(13,14)15/h9-10,16-17H,2-8H2,1H3. The van der Waals surface area contributed by atoms with Gasteiger partial charge in [-0.1, -0.05) is 13.3 Å². The van der Waals surface area contributed by atoms with Crippen LogP contribution >= 0.6 is 0 Å². The van der Waals surface area contributed by atoms with Crippen molar-refractivity contribution in [2.45, 2.75) is 56.8 Å². The smallest absolute Gasteiger partial charge is 0.313 e. The molecule has 2 fully saturated rings. The molecule has 1 aliphatic heterocycles. The van der Waals surface area contributed by atoms with Gasteiger partial charge in [0.05, 0.1) is 0 Å². The van der Waals surface area contributed by atoms with Crippen LogP contribution in [0.2, 0.25) is 0 Å². The highest BCUT2D eigenvalue weighted by Crippen LogP contribution is 2.48. The third kappa shape index (κ3) is 2.94. The summed E-state index contributed by atoms with van der Waals surface area (Å²) in [4.78, 5) is 0. The van der Waals surface area contributed by atoms with Crippen molar-refractivity contribution in [2.75, 3.05) is 13.1 Å². The molecule has 1 saturated heterocycles. The fourth-order valence-electron chi connectivity index (χ4n) is 2.63. The van der Waals surface area contributed by atoms with Crippen molar-refractivity contribution in [3.63, 3.8) is 0 Å². The minimum Gasteiger partial charge on any atom is -0.313 e. The fraction of sp³-hybridized carbons (Fsp3) is 1.00. The van der Waals surface area contributed by atoms with Crippen molar-refractivity contribution in [1.29, 1.82) is 0 Å². The summed E-state index contributed by atoms with van der Waals surface area (Å²) in [6, 6.07) is 0.202. The molecule has 2 aliphatic rings. The highest BCUT2D eigenvalue weighted by Gasteiger charge is 2.63. The van der Waals surface area contributed by atoms with E-state index in [2.05, 4.69) is 17.6 Å². The molecule has 2 unspecified atom stereocenters. The van der Waals surface area contributed by atoms with E-state index in [0.717, 1.165) is 25.8 Å². The molecule has 17 heavy (non-hydrogen) atoms. The molecule has 0 spiro atoms. The van der Waals surface area contributed by atoms with E-state index < -0.39 is 11.7 Å². The molecule has 1 saturated carbocycles. The van der Waals surface area contributed by atoms with Crippen LogP contribution < -0.4 is 10.6 Å². The Labute approximate surface area is 100 Å². The Bertz CT molecular complexity index is 261. The number of piperidine rings is 1. The molecule has 0 aromatic carbocycles. The normalized spacial score (nSPS) is 32.5. The molecule has 0 amide bonds. The van der Waals surface area contributed by atoms with Crippen LogP contribution in [0.1, 0.15) is 39.0 Å². The maximum atomic E-state index is 12.7. The zero-order valence-corrected chi connectivity index (χ0v) is 10.2. The molecule has 100 valence electrons. The number of hydrogen-bond donors (Lipinski definition) is 2. The summed E-state index contributed by atoms with van der Waals surface area (Å²) in [6.07, 6.45) is -0.343. The lowest BCUT2D eigenvalue weighted by Gasteiger charge is -2.31. The maximum Gasteiger partial charge on any atom is 0.406 e. The number of nitrogens with one attached hydrogen (secondary N) is 2. The van der Waals surface area contributed by atoms with Crippen LogP contribution in [0.4, 0.5) is 13.2 Å². The van der Waals surface area contributed by atoms with Gasteiger partial charge in [0, 0.05) is 12.6 Å². The number of halogens is 3. The van der Waals surface area contributed by atoms with Gasteiger partial charge in [0.25, 0.3) is 0 Å². The van der Waals surface area contributed by atoms with E-state index >= 15 is 0 Å². The molecular formula is C12H21F3N2. The second kappa shape index (κ2) is 4.76.